The standard InChI is InChI=1S/C17H16BrNO3/c1-21-15-9-8-14(11-16(15)22-2)19-17(20)10-5-12-3-6-13(18)7-4-12/h3-11H,1-2H3,(H,19,20)/b10-5+. The summed E-state index contributed by atoms with van der Waals surface area (Å²) in [7, 11) is 3.12. The lowest BCUT2D eigenvalue weighted by Gasteiger charge is -2.09. The average Bonchev–Trinajstić information content (AvgIpc) is 2.54. The third-order valence-corrected chi connectivity index (χ3v) is 3.48. The molecule has 0 bridgehead atoms. The van der Waals surface area contributed by atoms with Crippen molar-refractivity contribution < 1.29 is 14.3 Å². The molecule has 1 amide bonds. The van der Waals surface area contributed by atoms with E-state index in [0.29, 0.717) is 17.2 Å². The minimum absolute atomic E-state index is 0.213. The van der Waals surface area contributed by atoms with E-state index in [1.54, 1.807) is 38.5 Å². The molecule has 0 aromatic heterocycles. The van der Waals surface area contributed by atoms with Gasteiger partial charge in [-0.25, -0.2) is 0 Å². The molecular weight excluding hydrogens is 346 g/mol. The highest BCUT2D eigenvalue weighted by atomic mass is 79.9. The lowest BCUT2D eigenvalue weighted by molar-refractivity contribution is -0.111. The summed E-state index contributed by atoms with van der Waals surface area (Å²) in [5.41, 5.74) is 1.59. The molecule has 4 nitrogen and oxygen atoms in total. The number of amides is 1. The van der Waals surface area contributed by atoms with Crippen molar-refractivity contribution in [3.8, 4) is 11.5 Å². The molecule has 0 spiro atoms. The van der Waals surface area contributed by atoms with E-state index in [1.807, 2.05) is 24.3 Å². The van der Waals surface area contributed by atoms with Gasteiger partial charge in [-0.1, -0.05) is 28.1 Å². The van der Waals surface area contributed by atoms with Crippen molar-refractivity contribution in [2.24, 2.45) is 0 Å². The van der Waals surface area contributed by atoms with Crippen molar-refractivity contribution in [1.82, 2.24) is 0 Å². The van der Waals surface area contributed by atoms with Crippen LogP contribution in [0.15, 0.2) is 53.0 Å². The fourth-order valence-corrected chi connectivity index (χ4v) is 2.11. The van der Waals surface area contributed by atoms with Crippen LogP contribution in [0.5, 0.6) is 11.5 Å². The molecule has 0 unspecified atom stereocenters. The summed E-state index contributed by atoms with van der Waals surface area (Å²) in [5, 5.41) is 2.78. The van der Waals surface area contributed by atoms with Crippen LogP contribution in [0.4, 0.5) is 5.69 Å². The molecule has 1 N–H and O–H groups in total. The second-order valence-corrected chi connectivity index (χ2v) is 5.36. The topological polar surface area (TPSA) is 47.6 Å². The van der Waals surface area contributed by atoms with Crippen LogP contribution in [0, 0.1) is 0 Å². The monoisotopic (exact) mass is 361 g/mol. The number of halogens is 1. The van der Waals surface area contributed by atoms with Crippen LogP contribution in [0.25, 0.3) is 6.08 Å². The molecule has 0 aliphatic heterocycles. The lowest BCUT2D eigenvalue weighted by atomic mass is 10.2. The molecule has 114 valence electrons. The minimum Gasteiger partial charge on any atom is -0.493 e. The van der Waals surface area contributed by atoms with Gasteiger partial charge in [0.05, 0.1) is 14.2 Å². The van der Waals surface area contributed by atoms with Crippen molar-refractivity contribution >= 4 is 33.6 Å². The van der Waals surface area contributed by atoms with Gasteiger partial charge >= 0.3 is 0 Å². The Morgan fingerprint density at radius 3 is 2.36 bits per heavy atom. The Morgan fingerprint density at radius 2 is 1.73 bits per heavy atom. The second-order valence-electron chi connectivity index (χ2n) is 4.44. The Hall–Kier alpha value is -2.27. The van der Waals surface area contributed by atoms with E-state index in [0.717, 1.165) is 10.0 Å². The smallest absolute Gasteiger partial charge is 0.248 e. The number of anilines is 1. The summed E-state index contributed by atoms with van der Waals surface area (Å²) in [6.45, 7) is 0. The Morgan fingerprint density at radius 1 is 1.05 bits per heavy atom. The molecule has 0 aliphatic rings. The Balaban J connectivity index is 2.04. The number of methoxy groups -OCH3 is 2. The summed E-state index contributed by atoms with van der Waals surface area (Å²) < 4.78 is 11.4. The molecule has 0 atom stereocenters. The van der Waals surface area contributed by atoms with Crippen molar-refractivity contribution in [3.05, 3.63) is 58.6 Å². The average molecular weight is 362 g/mol. The minimum atomic E-state index is -0.213. The molecule has 0 fully saturated rings. The van der Waals surface area contributed by atoms with Crippen LogP contribution < -0.4 is 14.8 Å². The van der Waals surface area contributed by atoms with Gasteiger partial charge in [-0.3, -0.25) is 4.79 Å². The summed E-state index contributed by atoms with van der Waals surface area (Å²) in [5.74, 6) is 0.971. The largest absolute Gasteiger partial charge is 0.493 e. The predicted molar refractivity (Wildman–Crippen MR) is 91.4 cm³/mol. The van der Waals surface area contributed by atoms with Crippen LogP contribution >= 0.6 is 15.9 Å². The summed E-state index contributed by atoms with van der Waals surface area (Å²) >= 11 is 3.37. The fraction of sp³-hybridized carbons (Fsp3) is 0.118. The number of hydrogen-bond acceptors (Lipinski definition) is 3. The first-order valence-corrected chi connectivity index (χ1v) is 7.38. The number of rotatable bonds is 5. The number of ether oxygens (including phenoxy) is 2. The molecule has 0 heterocycles. The first-order valence-electron chi connectivity index (χ1n) is 6.59. The molecule has 22 heavy (non-hydrogen) atoms. The summed E-state index contributed by atoms with van der Waals surface area (Å²) in [6.07, 6.45) is 3.24. The molecule has 2 rings (SSSR count). The van der Waals surface area contributed by atoms with Gasteiger partial charge in [-0.15, -0.1) is 0 Å². The maximum Gasteiger partial charge on any atom is 0.248 e. The van der Waals surface area contributed by atoms with Crippen LogP contribution in [0.2, 0.25) is 0 Å². The molecule has 0 saturated carbocycles. The first kappa shape index (κ1) is 16.1. The molecule has 0 saturated heterocycles. The fourth-order valence-electron chi connectivity index (χ4n) is 1.84. The van der Waals surface area contributed by atoms with E-state index < -0.39 is 0 Å². The van der Waals surface area contributed by atoms with E-state index in [1.165, 1.54) is 6.08 Å². The van der Waals surface area contributed by atoms with Gasteiger partial charge in [-0.2, -0.15) is 0 Å². The number of carbonyl (C=O) groups is 1. The normalized spacial score (nSPS) is 10.5. The molecular formula is C17H16BrNO3. The summed E-state index contributed by atoms with van der Waals surface area (Å²) in [4.78, 5) is 11.9. The van der Waals surface area contributed by atoms with Gasteiger partial charge in [0.25, 0.3) is 0 Å². The van der Waals surface area contributed by atoms with Crippen molar-refractivity contribution in [3.63, 3.8) is 0 Å². The number of carbonyl (C=O) groups excluding carboxylic acids is 1. The van der Waals surface area contributed by atoms with Gasteiger partial charge in [0.2, 0.25) is 5.91 Å². The zero-order chi connectivity index (χ0) is 15.9. The molecule has 5 heteroatoms. The van der Waals surface area contributed by atoms with Gasteiger partial charge < -0.3 is 14.8 Å². The SMILES string of the molecule is COc1ccc(NC(=O)/C=C/c2ccc(Br)cc2)cc1OC. The zero-order valence-corrected chi connectivity index (χ0v) is 13.9. The highest BCUT2D eigenvalue weighted by molar-refractivity contribution is 9.10. The third kappa shape index (κ3) is 4.36. The predicted octanol–water partition coefficient (Wildman–Crippen LogP) is 4.12. The molecule has 0 aliphatic carbocycles. The third-order valence-electron chi connectivity index (χ3n) is 2.95. The number of benzene rings is 2. The van der Waals surface area contributed by atoms with E-state index in [4.69, 9.17) is 9.47 Å². The Bertz CT molecular complexity index is 681. The van der Waals surface area contributed by atoms with Gasteiger partial charge in [0, 0.05) is 22.3 Å². The van der Waals surface area contributed by atoms with Crippen LogP contribution in [0.3, 0.4) is 0 Å². The van der Waals surface area contributed by atoms with E-state index >= 15 is 0 Å². The highest BCUT2D eigenvalue weighted by Gasteiger charge is 2.05. The lowest BCUT2D eigenvalue weighted by Crippen LogP contribution is -2.07. The molecule has 2 aromatic carbocycles. The quantitative estimate of drug-likeness (QED) is 0.814. The Kier molecular flexibility index (Phi) is 5.61. The van der Waals surface area contributed by atoms with Gasteiger partial charge in [0.15, 0.2) is 11.5 Å². The van der Waals surface area contributed by atoms with Gasteiger partial charge in [0.1, 0.15) is 0 Å². The first-order chi connectivity index (χ1) is 10.6. The second kappa shape index (κ2) is 7.66. The number of nitrogens with one attached hydrogen (secondary N) is 1. The van der Waals surface area contributed by atoms with E-state index in [9.17, 15) is 4.79 Å². The maximum absolute atomic E-state index is 11.9. The van der Waals surface area contributed by atoms with Crippen molar-refractivity contribution in [2.75, 3.05) is 19.5 Å². The van der Waals surface area contributed by atoms with Crippen LogP contribution in [0.1, 0.15) is 5.56 Å². The molecule has 0 radical (unpaired) electrons. The van der Waals surface area contributed by atoms with E-state index in [-0.39, 0.29) is 5.91 Å². The summed E-state index contributed by atoms with van der Waals surface area (Å²) in [6, 6.07) is 12.9. The number of hydrogen-bond donors (Lipinski definition) is 1. The van der Waals surface area contributed by atoms with E-state index in [2.05, 4.69) is 21.2 Å². The highest BCUT2D eigenvalue weighted by Crippen LogP contribution is 2.29. The zero-order valence-electron chi connectivity index (χ0n) is 12.3. The van der Waals surface area contributed by atoms with Crippen LogP contribution in [-0.2, 0) is 4.79 Å². The van der Waals surface area contributed by atoms with Crippen molar-refractivity contribution in [1.29, 1.82) is 0 Å². The van der Waals surface area contributed by atoms with Crippen molar-refractivity contribution in [2.45, 2.75) is 0 Å². The van der Waals surface area contributed by atoms with Gasteiger partial charge in [-0.05, 0) is 35.9 Å². The maximum atomic E-state index is 11.9. The Labute approximate surface area is 137 Å². The van der Waals surface area contributed by atoms with Crippen LogP contribution in [-0.4, -0.2) is 20.1 Å². The molecule has 2 aromatic rings.